The van der Waals surface area contributed by atoms with Gasteiger partial charge in [0.25, 0.3) is 5.91 Å². The SMILES string of the molecule is CC(C)(C)[C@@H](NC(=O)c1cc(Br)c[nH]1)C(=O)O. The minimum absolute atomic E-state index is 0.326. The molecule has 0 aromatic carbocycles. The van der Waals surface area contributed by atoms with Gasteiger partial charge in [-0.2, -0.15) is 0 Å². The van der Waals surface area contributed by atoms with Gasteiger partial charge in [0, 0.05) is 10.7 Å². The van der Waals surface area contributed by atoms with E-state index in [1.807, 2.05) is 0 Å². The summed E-state index contributed by atoms with van der Waals surface area (Å²) in [5, 5.41) is 11.6. The number of amides is 1. The molecule has 17 heavy (non-hydrogen) atoms. The largest absolute Gasteiger partial charge is 0.480 e. The Hall–Kier alpha value is -1.30. The van der Waals surface area contributed by atoms with E-state index in [4.69, 9.17) is 5.11 Å². The molecule has 94 valence electrons. The standard InChI is InChI=1S/C11H15BrN2O3/c1-11(2,3)8(10(16)17)14-9(15)7-4-6(12)5-13-7/h4-5,8,13H,1-3H3,(H,14,15)(H,16,17)/t8-/m0/s1. The molecule has 0 saturated carbocycles. The molecule has 0 bridgehead atoms. The zero-order valence-electron chi connectivity index (χ0n) is 9.87. The van der Waals surface area contributed by atoms with E-state index in [9.17, 15) is 9.59 Å². The van der Waals surface area contributed by atoms with E-state index in [0.29, 0.717) is 5.69 Å². The molecule has 0 saturated heterocycles. The molecule has 6 heteroatoms. The Kier molecular flexibility index (Phi) is 3.98. The summed E-state index contributed by atoms with van der Waals surface area (Å²) in [6, 6.07) is 0.661. The van der Waals surface area contributed by atoms with Gasteiger partial charge < -0.3 is 15.4 Å². The number of aromatic nitrogens is 1. The summed E-state index contributed by atoms with van der Waals surface area (Å²) in [7, 11) is 0. The van der Waals surface area contributed by atoms with Crippen LogP contribution in [0.1, 0.15) is 31.3 Å². The molecular formula is C11H15BrN2O3. The molecule has 0 unspecified atom stereocenters. The van der Waals surface area contributed by atoms with Crippen LogP contribution >= 0.6 is 15.9 Å². The van der Waals surface area contributed by atoms with Crippen molar-refractivity contribution < 1.29 is 14.7 Å². The summed E-state index contributed by atoms with van der Waals surface area (Å²) >= 11 is 3.21. The first-order valence-corrected chi connectivity index (χ1v) is 5.88. The quantitative estimate of drug-likeness (QED) is 0.799. The fourth-order valence-corrected chi connectivity index (χ4v) is 1.70. The number of carboxylic acids is 1. The van der Waals surface area contributed by atoms with Gasteiger partial charge >= 0.3 is 5.97 Å². The highest BCUT2D eigenvalue weighted by Crippen LogP contribution is 2.20. The van der Waals surface area contributed by atoms with Crippen molar-refractivity contribution >= 4 is 27.8 Å². The Bertz CT molecular complexity index is 434. The number of aliphatic carboxylic acids is 1. The number of H-pyrrole nitrogens is 1. The van der Waals surface area contributed by atoms with Gasteiger partial charge in [-0.1, -0.05) is 20.8 Å². The molecule has 1 heterocycles. The minimum atomic E-state index is -1.04. The summed E-state index contributed by atoms with van der Waals surface area (Å²) in [4.78, 5) is 25.6. The maximum absolute atomic E-state index is 11.8. The van der Waals surface area contributed by atoms with Gasteiger partial charge in [-0.05, 0) is 27.4 Å². The van der Waals surface area contributed by atoms with Gasteiger partial charge in [-0.25, -0.2) is 4.79 Å². The Morgan fingerprint density at radius 2 is 2.06 bits per heavy atom. The average Bonchev–Trinajstić information content (AvgIpc) is 2.58. The monoisotopic (exact) mass is 302 g/mol. The van der Waals surface area contributed by atoms with Gasteiger partial charge in [0.1, 0.15) is 11.7 Å². The summed E-state index contributed by atoms with van der Waals surface area (Å²) in [5.74, 6) is -1.48. The average molecular weight is 303 g/mol. The van der Waals surface area contributed by atoms with Crippen LogP contribution in [0, 0.1) is 5.41 Å². The Morgan fingerprint density at radius 1 is 1.47 bits per heavy atom. The van der Waals surface area contributed by atoms with E-state index in [0.717, 1.165) is 4.47 Å². The highest BCUT2D eigenvalue weighted by atomic mass is 79.9. The number of aromatic amines is 1. The molecule has 0 aliphatic heterocycles. The van der Waals surface area contributed by atoms with Gasteiger partial charge in [-0.3, -0.25) is 4.79 Å². The summed E-state index contributed by atoms with van der Waals surface area (Å²) < 4.78 is 0.741. The Balaban J connectivity index is 2.82. The first-order chi connectivity index (χ1) is 7.71. The highest BCUT2D eigenvalue weighted by molar-refractivity contribution is 9.10. The van der Waals surface area contributed by atoms with Gasteiger partial charge in [0.2, 0.25) is 0 Å². The lowest BCUT2D eigenvalue weighted by molar-refractivity contribution is -0.142. The van der Waals surface area contributed by atoms with Crippen LogP contribution in [0.25, 0.3) is 0 Å². The number of carbonyl (C=O) groups excluding carboxylic acids is 1. The first-order valence-electron chi connectivity index (χ1n) is 5.09. The maximum atomic E-state index is 11.8. The van der Waals surface area contributed by atoms with Gasteiger partial charge in [0.05, 0.1) is 0 Å². The van der Waals surface area contributed by atoms with E-state index < -0.39 is 23.3 Å². The summed E-state index contributed by atoms with van der Waals surface area (Å²) in [5.41, 5.74) is -0.224. The number of nitrogens with one attached hydrogen (secondary N) is 2. The second-order valence-corrected chi connectivity index (χ2v) is 5.76. The number of carbonyl (C=O) groups is 2. The molecule has 1 atom stereocenters. The van der Waals surface area contributed by atoms with Crippen molar-refractivity contribution in [3.05, 3.63) is 22.4 Å². The van der Waals surface area contributed by atoms with E-state index in [2.05, 4.69) is 26.2 Å². The third-order valence-corrected chi connectivity index (χ3v) is 2.74. The van der Waals surface area contributed by atoms with Crippen LogP contribution in [-0.4, -0.2) is 28.0 Å². The molecule has 0 fully saturated rings. The van der Waals surface area contributed by atoms with Gasteiger partial charge in [-0.15, -0.1) is 0 Å². The molecule has 1 aromatic heterocycles. The molecule has 0 spiro atoms. The number of hydrogen-bond acceptors (Lipinski definition) is 2. The van der Waals surface area contributed by atoms with Crippen molar-refractivity contribution in [2.75, 3.05) is 0 Å². The molecule has 5 nitrogen and oxygen atoms in total. The van der Waals surface area contributed by atoms with Crippen LogP contribution in [0.3, 0.4) is 0 Å². The van der Waals surface area contributed by atoms with Crippen molar-refractivity contribution in [3.63, 3.8) is 0 Å². The molecule has 3 N–H and O–H groups in total. The summed E-state index contributed by atoms with van der Waals surface area (Å²) in [6.07, 6.45) is 1.61. The van der Waals surface area contributed by atoms with Crippen LogP contribution in [-0.2, 0) is 4.79 Å². The molecule has 0 aliphatic carbocycles. The predicted octanol–water partition coefficient (Wildman–Crippen LogP) is 2.01. The van der Waals surface area contributed by atoms with Crippen molar-refractivity contribution in [1.82, 2.24) is 10.3 Å². The molecule has 0 aliphatic rings. The third kappa shape index (κ3) is 3.59. The smallest absolute Gasteiger partial charge is 0.326 e. The first kappa shape index (κ1) is 13.8. The second kappa shape index (κ2) is 4.91. The molecule has 1 amide bonds. The van der Waals surface area contributed by atoms with Crippen molar-refractivity contribution in [2.45, 2.75) is 26.8 Å². The maximum Gasteiger partial charge on any atom is 0.326 e. The van der Waals surface area contributed by atoms with Crippen molar-refractivity contribution in [2.24, 2.45) is 5.41 Å². The van der Waals surface area contributed by atoms with Crippen molar-refractivity contribution in [1.29, 1.82) is 0 Å². The van der Waals surface area contributed by atoms with E-state index in [1.165, 1.54) is 0 Å². The number of halogens is 1. The second-order valence-electron chi connectivity index (χ2n) is 4.84. The van der Waals surface area contributed by atoms with Crippen molar-refractivity contribution in [3.8, 4) is 0 Å². The third-order valence-electron chi connectivity index (χ3n) is 2.28. The minimum Gasteiger partial charge on any atom is -0.480 e. The molecular weight excluding hydrogens is 288 g/mol. The van der Waals surface area contributed by atoms with E-state index >= 15 is 0 Å². The fraction of sp³-hybridized carbons (Fsp3) is 0.455. The lowest BCUT2D eigenvalue weighted by atomic mass is 9.86. The van der Waals surface area contributed by atoms with Crippen LogP contribution in [0.15, 0.2) is 16.7 Å². The zero-order chi connectivity index (χ0) is 13.2. The van der Waals surface area contributed by atoms with Crippen LogP contribution in [0.5, 0.6) is 0 Å². The summed E-state index contributed by atoms with van der Waals surface area (Å²) in [6.45, 7) is 5.28. The Morgan fingerprint density at radius 3 is 2.41 bits per heavy atom. The van der Waals surface area contributed by atoms with Gasteiger partial charge in [0.15, 0.2) is 0 Å². The topological polar surface area (TPSA) is 82.2 Å². The number of carboxylic acid groups (broad SMARTS) is 1. The highest BCUT2D eigenvalue weighted by Gasteiger charge is 2.32. The molecule has 1 aromatic rings. The lowest BCUT2D eigenvalue weighted by Crippen LogP contribution is -2.49. The lowest BCUT2D eigenvalue weighted by Gasteiger charge is -2.27. The predicted molar refractivity (Wildman–Crippen MR) is 66.8 cm³/mol. The van der Waals surface area contributed by atoms with E-state index in [-0.39, 0.29) is 0 Å². The van der Waals surface area contributed by atoms with Crippen LogP contribution < -0.4 is 5.32 Å². The zero-order valence-corrected chi connectivity index (χ0v) is 11.5. The number of rotatable bonds is 3. The normalized spacial score (nSPS) is 13.2. The van der Waals surface area contributed by atoms with Crippen LogP contribution in [0.4, 0.5) is 0 Å². The Labute approximate surface area is 108 Å². The van der Waals surface area contributed by atoms with E-state index in [1.54, 1.807) is 33.0 Å². The number of hydrogen-bond donors (Lipinski definition) is 3. The molecule has 0 radical (unpaired) electrons. The fourth-order valence-electron chi connectivity index (χ4n) is 1.36. The van der Waals surface area contributed by atoms with Crippen LogP contribution in [0.2, 0.25) is 0 Å². The molecule has 1 rings (SSSR count).